The van der Waals surface area contributed by atoms with Crippen molar-refractivity contribution < 1.29 is 0 Å². The van der Waals surface area contributed by atoms with Gasteiger partial charge in [0.15, 0.2) is 0 Å². The molecule has 10 heavy (non-hydrogen) atoms. The van der Waals surface area contributed by atoms with E-state index >= 15 is 0 Å². The minimum atomic E-state index is 0.684. The predicted octanol–water partition coefficient (Wildman–Crippen LogP) is 0.430. The lowest BCUT2D eigenvalue weighted by Crippen LogP contribution is -2.07. The molecule has 0 saturated carbocycles. The Morgan fingerprint density at radius 2 is 2.50 bits per heavy atom. The molecule has 50 valence electrons. The maximum absolute atomic E-state index is 4.01. The Hall–Kier alpha value is -1.45. The highest BCUT2D eigenvalue weighted by Gasteiger charge is 2.03. The highest BCUT2D eigenvalue weighted by atomic mass is 15.1. The molecule has 1 aliphatic rings. The summed E-state index contributed by atoms with van der Waals surface area (Å²) in [7, 11) is 0. The number of nitrogens with one attached hydrogen (secondary N) is 1. The summed E-state index contributed by atoms with van der Waals surface area (Å²) in [5.41, 5.74) is 1.05. The third-order valence-corrected chi connectivity index (χ3v) is 1.34. The van der Waals surface area contributed by atoms with E-state index in [-0.39, 0.29) is 0 Å². The largest absolute Gasteiger partial charge is 0.331 e. The molecule has 2 heterocycles. The van der Waals surface area contributed by atoms with E-state index in [0.29, 0.717) is 6.54 Å². The Bertz CT molecular complexity index is 241. The van der Waals surface area contributed by atoms with E-state index in [1.54, 1.807) is 12.5 Å². The molecular formula is C6H6N4. The normalized spacial score (nSPS) is 14.0. The van der Waals surface area contributed by atoms with E-state index in [9.17, 15) is 0 Å². The van der Waals surface area contributed by atoms with Crippen LogP contribution in [-0.4, -0.2) is 16.3 Å². The van der Waals surface area contributed by atoms with Crippen LogP contribution in [0.2, 0.25) is 0 Å². The van der Waals surface area contributed by atoms with Gasteiger partial charge in [0, 0.05) is 11.8 Å². The van der Waals surface area contributed by atoms with E-state index < -0.39 is 0 Å². The second-order valence-electron chi connectivity index (χ2n) is 2.01. The quantitative estimate of drug-likeness (QED) is 0.559. The van der Waals surface area contributed by atoms with E-state index in [1.165, 1.54) is 6.33 Å². The molecule has 0 radical (unpaired) electrons. The first-order valence-electron chi connectivity index (χ1n) is 3.00. The molecule has 0 saturated heterocycles. The molecule has 0 aliphatic carbocycles. The van der Waals surface area contributed by atoms with Gasteiger partial charge in [-0.2, -0.15) is 0 Å². The van der Waals surface area contributed by atoms with Gasteiger partial charge >= 0.3 is 0 Å². The molecule has 1 N–H and O–H groups in total. The summed E-state index contributed by atoms with van der Waals surface area (Å²) in [4.78, 5) is 11.9. The summed E-state index contributed by atoms with van der Waals surface area (Å²) in [6.45, 7) is 0.684. The third kappa shape index (κ3) is 0.737. The molecule has 0 bridgehead atoms. The van der Waals surface area contributed by atoms with Crippen LogP contribution < -0.4 is 5.32 Å². The second kappa shape index (κ2) is 2.06. The fraction of sp³-hybridized carbons (Fsp3) is 0.167. The maximum atomic E-state index is 4.01. The molecule has 2 rings (SSSR count). The Balaban J connectivity index is 2.47. The third-order valence-electron chi connectivity index (χ3n) is 1.34. The van der Waals surface area contributed by atoms with Gasteiger partial charge in [-0.05, 0) is 0 Å². The van der Waals surface area contributed by atoms with Crippen molar-refractivity contribution in [1.29, 1.82) is 0 Å². The van der Waals surface area contributed by atoms with Gasteiger partial charge in [0.05, 0.1) is 12.9 Å². The van der Waals surface area contributed by atoms with E-state index in [1.807, 2.05) is 0 Å². The first-order chi connectivity index (χ1) is 4.97. The number of rotatable bonds is 0. The average Bonchev–Trinajstić information content (AvgIpc) is 2.05. The van der Waals surface area contributed by atoms with Crippen LogP contribution >= 0.6 is 0 Å². The molecule has 0 fully saturated rings. The summed E-state index contributed by atoms with van der Waals surface area (Å²) < 4.78 is 0. The molecule has 0 unspecified atom stereocenters. The number of fused-ring (bicyclic) bond motifs is 1. The fourth-order valence-corrected chi connectivity index (χ4v) is 0.855. The number of nitrogens with zero attached hydrogens (tertiary/aromatic N) is 3. The first kappa shape index (κ1) is 5.34. The standard InChI is InChI=1S/C6H6N4/c1-5-2-8-4-10-6(5)9-3-7-1/h1,3-4H,2H2,(H,7,8,9,10). The summed E-state index contributed by atoms with van der Waals surface area (Å²) in [6.07, 6.45) is 4.94. The number of aliphatic imine (C=N–C) groups is 1. The van der Waals surface area contributed by atoms with Gasteiger partial charge < -0.3 is 5.32 Å². The zero-order valence-electron chi connectivity index (χ0n) is 5.28. The van der Waals surface area contributed by atoms with Crippen molar-refractivity contribution in [3.63, 3.8) is 0 Å². The Kier molecular flexibility index (Phi) is 1.10. The summed E-state index contributed by atoms with van der Waals surface area (Å²) in [5, 5.41) is 2.92. The lowest BCUT2D eigenvalue weighted by Gasteiger charge is -2.08. The van der Waals surface area contributed by atoms with E-state index in [4.69, 9.17) is 0 Å². The molecule has 0 spiro atoms. The summed E-state index contributed by atoms with van der Waals surface area (Å²) >= 11 is 0. The monoisotopic (exact) mass is 134 g/mol. The SMILES string of the molecule is C1=NCc2cncnc2N1. The number of hydrogen-bond donors (Lipinski definition) is 1. The van der Waals surface area contributed by atoms with Crippen molar-refractivity contribution in [3.8, 4) is 0 Å². The van der Waals surface area contributed by atoms with Gasteiger partial charge in [0.1, 0.15) is 12.1 Å². The van der Waals surface area contributed by atoms with Crippen LogP contribution in [0, 0.1) is 0 Å². The van der Waals surface area contributed by atoms with Crippen molar-refractivity contribution in [1.82, 2.24) is 9.97 Å². The van der Waals surface area contributed by atoms with Gasteiger partial charge in [0.2, 0.25) is 0 Å². The lowest BCUT2D eigenvalue weighted by atomic mass is 10.3. The lowest BCUT2D eigenvalue weighted by molar-refractivity contribution is 0.999. The number of hydrogen-bond acceptors (Lipinski definition) is 4. The smallest absolute Gasteiger partial charge is 0.139 e. The van der Waals surface area contributed by atoms with Gasteiger partial charge in [-0.1, -0.05) is 0 Å². The van der Waals surface area contributed by atoms with Crippen LogP contribution in [0.25, 0.3) is 0 Å². The molecule has 4 heteroatoms. The Morgan fingerprint density at radius 3 is 3.40 bits per heavy atom. The van der Waals surface area contributed by atoms with Crippen molar-refractivity contribution >= 4 is 12.2 Å². The summed E-state index contributed by atoms with van der Waals surface area (Å²) in [5.74, 6) is 0.866. The van der Waals surface area contributed by atoms with Gasteiger partial charge in [-0.25, -0.2) is 9.97 Å². The predicted molar refractivity (Wildman–Crippen MR) is 37.9 cm³/mol. The summed E-state index contributed by atoms with van der Waals surface area (Å²) in [6, 6.07) is 0. The van der Waals surface area contributed by atoms with Gasteiger partial charge in [0.25, 0.3) is 0 Å². The van der Waals surface area contributed by atoms with Gasteiger partial charge in [-0.15, -0.1) is 0 Å². The maximum Gasteiger partial charge on any atom is 0.139 e. The topological polar surface area (TPSA) is 50.2 Å². The molecular weight excluding hydrogens is 128 g/mol. The van der Waals surface area contributed by atoms with Crippen molar-refractivity contribution in [3.05, 3.63) is 18.1 Å². The number of anilines is 1. The van der Waals surface area contributed by atoms with Crippen LogP contribution in [0.1, 0.15) is 5.56 Å². The fourth-order valence-electron chi connectivity index (χ4n) is 0.855. The Morgan fingerprint density at radius 1 is 1.50 bits per heavy atom. The molecule has 1 aromatic rings. The second-order valence-corrected chi connectivity index (χ2v) is 2.01. The van der Waals surface area contributed by atoms with Crippen LogP contribution in [0.3, 0.4) is 0 Å². The Labute approximate surface area is 58.0 Å². The van der Waals surface area contributed by atoms with Crippen molar-refractivity contribution in [2.24, 2.45) is 4.99 Å². The zero-order valence-corrected chi connectivity index (χ0v) is 5.28. The van der Waals surface area contributed by atoms with Crippen LogP contribution in [0.4, 0.5) is 5.82 Å². The van der Waals surface area contributed by atoms with Crippen molar-refractivity contribution in [2.45, 2.75) is 6.54 Å². The highest BCUT2D eigenvalue weighted by molar-refractivity contribution is 5.76. The van der Waals surface area contributed by atoms with Crippen LogP contribution in [0.15, 0.2) is 17.5 Å². The van der Waals surface area contributed by atoms with Gasteiger partial charge in [-0.3, -0.25) is 4.99 Å². The minimum absolute atomic E-state index is 0.684. The average molecular weight is 134 g/mol. The highest BCUT2D eigenvalue weighted by Crippen LogP contribution is 2.12. The van der Waals surface area contributed by atoms with E-state index in [2.05, 4.69) is 20.3 Å². The van der Waals surface area contributed by atoms with Crippen LogP contribution in [0.5, 0.6) is 0 Å². The molecule has 0 atom stereocenters. The number of aromatic nitrogens is 2. The molecule has 1 aliphatic heterocycles. The minimum Gasteiger partial charge on any atom is -0.331 e. The molecule has 0 amide bonds. The first-order valence-corrected chi connectivity index (χ1v) is 3.00. The molecule has 1 aromatic heterocycles. The van der Waals surface area contributed by atoms with Crippen LogP contribution in [-0.2, 0) is 6.54 Å². The molecule has 4 nitrogen and oxygen atoms in total. The zero-order chi connectivity index (χ0) is 6.81. The van der Waals surface area contributed by atoms with E-state index in [0.717, 1.165) is 11.4 Å². The van der Waals surface area contributed by atoms with Crippen molar-refractivity contribution in [2.75, 3.05) is 5.32 Å². The molecule has 0 aromatic carbocycles.